The van der Waals surface area contributed by atoms with E-state index in [0.29, 0.717) is 0 Å². The van der Waals surface area contributed by atoms with Crippen molar-refractivity contribution in [3.8, 4) is 0 Å². The number of ether oxygens (including phenoxy) is 1. The SMILES string of the molecule is CC(C)[Si]1(C(C)C)OC[C@H]2O[C@@H](n3ccc(=O)n([N+](=O)[O-])c3=O)[C@@H](Br)[C@@H]2O[Si](C(C)C)(C(C)C)O1. The van der Waals surface area contributed by atoms with Crippen LogP contribution in [0.15, 0.2) is 21.9 Å². The van der Waals surface area contributed by atoms with Crippen LogP contribution in [0.5, 0.6) is 0 Å². The lowest BCUT2D eigenvalue weighted by molar-refractivity contribution is -0.549. The maximum Gasteiger partial charge on any atom is 0.394 e. The highest BCUT2D eigenvalue weighted by atomic mass is 79.9. The summed E-state index contributed by atoms with van der Waals surface area (Å²) in [4.78, 5) is 35.5. The molecule has 0 unspecified atom stereocenters. The largest absolute Gasteiger partial charge is 0.414 e. The zero-order valence-corrected chi connectivity index (χ0v) is 25.1. The summed E-state index contributed by atoms with van der Waals surface area (Å²) in [7, 11) is -5.68. The van der Waals surface area contributed by atoms with Crippen LogP contribution in [0.3, 0.4) is 0 Å². The van der Waals surface area contributed by atoms with Crippen molar-refractivity contribution in [2.24, 2.45) is 0 Å². The van der Waals surface area contributed by atoms with Crippen molar-refractivity contribution < 1.29 is 22.7 Å². The van der Waals surface area contributed by atoms with Gasteiger partial charge < -0.3 is 17.7 Å². The number of hydrogen-bond donors (Lipinski definition) is 0. The third-order valence-corrected chi connectivity index (χ3v) is 18.2. The zero-order chi connectivity index (χ0) is 26.5. The van der Waals surface area contributed by atoms with Gasteiger partial charge in [0.2, 0.25) is 0 Å². The summed E-state index contributed by atoms with van der Waals surface area (Å²) in [5, 5.41) is 10.3. The fraction of sp³-hybridized carbons (Fsp3) is 0.810. The summed E-state index contributed by atoms with van der Waals surface area (Å²) in [6.07, 6.45) is -0.779. The van der Waals surface area contributed by atoms with E-state index in [2.05, 4.69) is 71.3 Å². The molecule has 0 saturated carbocycles. The molecule has 0 bridgehead atoms. The van der Waals surface area contributed by atoms with E-state index in [1.54, 1.807) is 0 Å². The van der Waals surface area contributed by atoms with Crippen LogP contribution < -0.4 is 11.2 Å². The molecule has 3 heterocycles. The van der Waals surface area contributed by atoms with Gasteiger partial charge in [-0.1, -0.05) is 71.3 Å². The lowest BCUT2D eigenvalue weighted by Crippen LogP contribution is -2.65. The van der Waals surface area contributed by atoms with Crippen molar-refractivity contribution in [1.82, 2.24) is 9.24 Å². The molecule has 0 aliphatic carbocycles. The molecule has 2 aliphatic heterocycles. The van der Waals surface area contributed by atoms with E-state index in [4.69, 9.17) is 17.7 Å². The number of fused-ring (bicyclic) bond motifs is 1. The predicted octanol–water partition coefficient (Wildman–Crippen LogP) is 3.67. The summed E-state index contributed by atoms with van der Waals surface area (Å²) >= 11 is 3.65. The number of halogens is 1. The van der Waals surface area contributed by atoms with Crippen LogP contribution in [-0.4, -0.2) is 55.0 Å². The Bertz CT molecular complexity index is 1040. The van der Waals surface area contributed by atoms with Crippen molar-refractivity contribution in [3.63, 3.8) is 0 Å². The van der Waals surface area contributed by atoms with Crippen LogP contribution in [0.2, 0.25) is 22.2 Å². The molecular weight excluding hydrogens is 558 g/mol. The number of alkyl halides is 1. The van der Waals surface area contributed by atoms with Gasteiger partial charge >= 0.3 is 28.4 Å². The number of nitrogens with zero attached hydrogens (tertiary/aromatic N) is 3. The highest BCUT2D eigenvalue weighted by molar-refractivity contribution is 9.09. The second-order valence-corrected chi connectivity index (χ2v) is 20.4. The minimum absolute atomic E-state index is 0.0271. The molecule has 11 nitrogen and oxygen atoms in total. The molecule has 2 fully saturated rings. The first-order chi connectivity index (χ1) is 16.2. The van der Waals surface area contributed by atoms with Crippen LogP contribution in [0.1, 0.15) is 61.6 Å². The van der Waals surface area contributed by atoms with E-state index in [0.717, 1.165) is 10.6 Å². The third kappa shape index (κ3) is 4.78. The number of aromatic nitrogens is 2. The highest BCUT2D eigenvalue weighted by Gasteiger charge is 2.61. The molecule has 0 amide bonds. The van der Waals surface area contributed by atoms with E-state index < -0.39 is 56.7 Å². The second-order valence-electron chi connectivity index (χ2n) is 10.5. The Morgan fingerprint density at radius 3 is 2.06 bits per heavy atom. The van der Waals surface area contributed by atoms with Crippen LogP contribution in [-0.2, 0) is 17.7 Å². The number of nitro groups is 1. The molecular formula is C21H36BrN3O8Si2. The van der Waals surface area contributed by atoms with E-state index in [9.17, 15) is 19.7 Å². The maximum atomic E-state index is 12.8. The van der Waals surface area contributed by atoms with Gasteiger partial charge in [-0.3, -0.25) is 9.36 Å². The average Bonchev–Trinajstić information content (AvgIpc) is 3.01. The molecule has 4 atom stereocenters. The van der Waals surface area contributed by atoms with E-state index in [1.165, 1.54) is 6.20 Å². The van der Waals surface area contributed by atoms with Crippen LogP contribution in [0.25, 0.3) is 0 Å². The molecule has 0 N–H and O–H groups in total. The predicted molar refractivity (Wildman–Crippen MR) is 138 cm³/mol. The molecule has 35 heavy (non-hydrogen) atoms. The molecule has 0 aromatic carbocycles. The summed E-state index contributed by atoms with van der Waals surface area (Å²) in [5.74, 6) is 0. The van der Waals surface area contributed by atoms with Crippen LogP contribution in [0, 0.1) is 10.1 Å². The lowest BCUT2D eigenvalue weighted by atomic mass is 10.2. The van der Waals surface area contributed by atoms with E-state index in [-0.39, 0.29) is 33.4 Å². The van der Waals surface area contributed by atoms with Crippen LogP contribution in [0.4, 0.5) is 0 Å². The van der Waals surface area contributed by atoms with Gasteiger partial charge in [-0.25, -0.2) is 14.9 Å². The van der Waals surface area contributed by atoms with Gasteiger partial charge in [0.15, 0.2) is 11.3 Å². The Hall–Kier alpha value is -1.17. The summed E-state index contributed by atoms with van der Waals surface area (Å²) < 4.78 is 28.1. The average molecular weight is 595 g/mol. The minimum atomic E-state index is -2.91. The monoisotopic (exact) mass is 593 g/mol. The Balaban J connectivity index is 2.12. The van der Waals surface area contributed by atoms with Crippen LogP contribution >= 0.6 is 15.9 Å². The topological polar surface area (TPSA) is 124 Å². The molecule has 14 heteroatoms. The molecule has 1 aromatic rings. The van der Waals surface area contributed by atoms with Crippen molar-refractivity contribution >= 4 is 33.1 Å². The normalized spacial score (nSPS) is 28.4. The minimum Gasteiger partial charge on any atom is -0.414 e. The van der Waals surface area contributed by atoms with Gasteiger partial charge in [-0.2, -0.15) is 0 Å². The Kier molecular flexibility index (Phi) is 8.36. The summed E-state index contributed by atoms with van der Waals surface area (Å²) in [5.41, 5.74) is -1.58. The smallest absolute Gasteiger partial charge is 0.394 e. The fourth-order valence-electron chi connectivity index (χ4n) is 5.16. The van der Waals surface area contributed by atoms with Gasteiger partial charge in [-0.05, 0) is 22.2 Å². The maximum absolute atomic E-state index is 12.8. The molecule has 3 rings (SSSR count). The van der Waals surface area contributed by atoms with Crippen molar-refractivity contribution in [1.29, 1.82) is 0 Å². The van der Waals surface area contributed by atoms with E-state index >= 15 is 0 Å². The number of rotatable bonds is 6. The van der Waals surface area contributed by atoms with Crippen molar-refractivity contribution in [2.45, 2.75) is 101 Å². The van der Waals surface area contributed by atoms with E-state index in [1.807, 2.05) is 0 Å². The van der Waals surface area contributed by atoms with Gasteiger partial charge in [0, 0.05) is 16.9 Å². The first-order valence-electron chi connectivity index (χ1n) is 12.0. The summed E-state index contributed by atoms with van der Waals surface area (Å²) in [6.45, 7) is 17.1. The van der Waals surface area contributed by atoms with Gasteiger partial charge in [0.1, 0.15) is 6.10 Å². The van der Waals surface area contributed by atoms with Gasteiger partial charge in [-0.15, -0.1) is 0 Å². The summed E-state index contributed by atoms with van der Waals surface area (Å²) in [6, 6.07) is 0.977. The first kappa shape index (κ1) is 28.4. The molecule has 0 radical (unpaired) electrons. The van der Waals surface area contributed by atoms with Crippen molar-refractivity contribution in [2.75, 3.05) is 6.61 Å². The van der Waals surface area contributed by atoms with Crippen molar-refractivity contribution in [3.05, 3.63) is 43.2 Å². The Morgan fingerprint density at radius 1 is 1.03 bits per heavy atom. The Labute approximate surface area is 215 Å². The zero-order valence-electron chi connectivity index (χ0n) is 21.5. The Morgan fingerprint density at radius 2 is 1.57 bits per heavy atom. The quantitative estimate of drug-likeness (QED) is 0.212. The first-order valence-corrected chi connectivity index (χ1v) is 16.9. The molecule has 0 spiro atoms. The molecule has 2 aliphatic rings. The molecule has 1 aromatic heterocycles. The fourth-order valence-corrected chi connectivity index (χ4v) is 17.4. The number of hydrogen-bond acceptors (Lipinski definition) is 8. The highest BCUT2D eigenvalue weighted by Crippen LogP contribution is 2.49. The van der Waals surface area contributed by atoms with Gasteiger partial charge in [0.25, 0.3) is 0 Å². The standard InChI is InChI=1S/C21H36BrN3O8Si2/c1-12(2)34(13(3)4)30-11-16-19(32-35(33-34,14(5)6)15(7)8)18(22)20(31-16)23-10-9-17(26)24(21(23)27)25(28)29/h9-10,12-16,18-20H,11H2,1-8H3/t16-,18+,19-,20-/m1/s1. The molecule has 2 saturated heterocycles. The van der Waals surface area contributed by atoms with Gasteiger partial charge in [0.05, 0.1) is 17.5 Å². The second kappa shape index (κ2) is 10.3. The lowest BCUT2D eigenvalue weighted by Gasteiger charge is -2.51. The third-order valence-electron chi connectivity index (χ3n) is 7.02. The molecule has 198 valence electrons.